The zero-order chi connectivity index (χ0) is 21.7. The molecule has 4 aromatic rings. The molecule has 0 radical (unpaired) electrons. The summed E-state index contributed by atoms with van der Waals surface area (Å²) >= 11 is 1.67. The Hall–Kier alpha value is -3.20. The second kappa shape index (κ2) is 7.74. The number of aromatic amines is 1. The van der Waals surface area contributed by atoms with E-state index in [0.29, 0.717) is 18.2 Å². The van der Waals surface area contributed by atoms with Crippen LogP contribution in [-0.4, -0.2) is 44.6 Å². The third kappa shape index (κ3) is 3.19. The Morgan fingerprint density at radius 3 is 3.00 bits per heavy atom. The third-order valence-corrected chi connectivity index (χ3v) is 7.79. The van der Waals surface area contributed by atoms with Gasteiger partial charge in [0.05, 0.1) is 36.4 Å². The highest BCUT2D eigenvalue weighted by Crippen LogP contribution is 2.40. The topological polar surface area (TPSA) is 96.0 Å². The summed E-state index contributed by atoms with van der Waals surface area (Å²) in [5.74, 6) is 2.02. The molecule has 8 nitrogen and oxygen atoms in total. The number of rotatable bonds is 4. The Balaban J connectivity index is 1.35. The van der Waals surface area contributed by atoms with Crippen LogP contribution in [0.2, 0.25) is 0 Å². The highest BCUT2D eigenvalue weighted by Gasteiger charge is 2.31. The number of anilines is 2. The van der Waals surface area contributed by atoms with Crippen LogP contribution in [-0.2, 0) is 17.8 Å². The maximum absolute atomic E-state index is 13.0. The Morgan fingerprint density at radius 1 is 1.28 bits per heavy atom. The minimum Gasteiger partial charge on any atom is -0.494 e. The lowest BCUT2D eigenvalue weighted by molar-refractivity contribution is -0.136. The van der Waals surface area contributed by atoms with E-state index in [2.05, 4.69) is 25.5 Å². The molecule has 2 aliphatic rings. The average molecular weight is 449 g/mol. The maximum atomic E-state index is 13.0. The third-order valence-electron chi connectivity index (χ3n) is 6.67. The van der Waals surface area contributed by atoms with Crippen LogP contribution in [0, 0.1) is 5.92 Å². The number of methoxy groups -OCH3 is 1. The van der Waals surface area contributed by atoms with E-state index >= 15 is 0 Å². The van der Waals surface area contributed by atoms with Crippen LogP contribution in [0.3, 0.4) is 0 Å². The molecule has 1 fully saturated rings. The number of nitrogens with one attached hydrogen (secondary N) is 2. The molecule has 3 aromatic heterocycles. The first-order valence-electron chi connectivity index (χ1n) is 11.0. The Labute approximate surface area is 189 Å². The molecule has 0 unspecified atom stereocenters. The molecule has 1 amide bonds. The van der Waals surface area contributed by atoms with Crippen molar-refractivity contribution in [2.45, 2.75) is 38.6 Å². The lowest BCUT2D eigenvalue weighted by Gasteiger charge is -2.29. The monoisotopic (exact) mass is 448 g/mol. The van der Waals surface area contributed by atoms with Crippen LogP contribution in [0.15, 0.2) is 24.7 Å². The van der Waals surface area contributed by atoms with Crippen molar-refractivity contribution in [3.05, 3.63) is 35.1 Å². The van der Waals surface area contributed by atoms with Crippen LogP contribution in [0.25, 0.3) is 21.1 Å². The Bertz CT molecular complexity index is 1320. The minimum atomic E-state index is 0.216. The first kappa shape index (κ1) is 19.5. The van der Waals surface area contributed by atoms with Gasteiger partial charge in [-0.25, -0.2) is 9.97 Å². The number of nitrogens with zero attached hydrogens (tertiary/aromatic N) is 4. The summed E-state index contributed by atoms with van der Waals surface area (Å²) in [4.78, 5) is 26.3. The van der Waals surface area contributed by atoms with Gasteiger partial charge < -0.3 is 15.0 Å². The summed E-state index contributed by atoms with van der Waals surface area (Å²) in [5, 5.41) is 12.6. The molecule has 0 spiro atoms. The number of benzene rings is 1. The molecule has 4 heterocycles. The molecule has 2 N–H and O–H groups in total. The second-order valence-corrected chi connectivity index (χ2v) is 9.62. The largest absolute Gasteiger partial charge is 0.494 e. The molecule has 0 saturated heterocycles. The molecule has 164 valence electrons. The van der Waals surface area contributed by atoms with E-state index in [4.69, 9.17) is 4.74 Å². The number of carbonyl (C=O) groups is 1. The molecule has 0 bridgehead atoms. The van der Waals surface area contributed by atoms with Gasteiger partial charge in [-0.1, -0.05) is 12.8 Å². The fourth-order valence-corrected chi connectivity index (χ4v) is 6.21. The van der Waals surface area contributed by atoms with Gasteiger partial charge in [0.15, 0.2) is 0 Å². The van der Waals surface area contributed by atoms with Crippen LogP contribution in [0.5, 0.6) is 5.75 Å². The van der Waals surface area contributed by atoms with Gasteiger partial charge in [-0.15, -0.1) is 11.3 Å². The molecule has 1 aliphatic heterocycles. The highest BCUT2D eigenvalue weighted by molar-refractivity contribution is 7.19. The predicted molar refractivity (Wildman–Crippen MR) is 124 cm³/mol. The van der Waals surface area contributed by atoms with Gasteiger partial charge in [0, 0.05) is 28.8 Å². The number of fused-ring (bicyclic) bond motifs is 4. The van der Waals surface area contributed by atoms with Crippen LogP contribution in [0.4, 0.5) is 11.5 Å². The molecular weight excluding hydrogens is 424 g/mol. The minimum absolute atomic E-state index is 0.216. The number of carbonyl (C=O) groups excluding carboxylic acids is 1. The first-order chi connectivity index (χ1) is 15.7. The van der Waals surface area contributed by atoms with Crippen LogP contribution in [0.1, 0.15) is 36.1 Å². The maximum Gasteiger partial charge on any atom is 0.226 e. The molecule has 9 heteroatoms. The van der Waals surface area contributed by atoms with Gasteiger partial charge >= 0.3 is 0 Å². The average Bonchev–Trinajstić information content (AvgIpc) is 3.56. The number of aromatic nitrogens is 4. The summed E-state index contributed by atoms with van der Waals surface area (Å²) in [5.41, 5.74) is 3.00. The number of H-pyrrole nitrogens is 1. The van der Waals surface area contributed by atoms with E-state index < -0.39 is 0 Å². The summed E-state index contributed by atoms with van der Waals surface area (Å²) in [6.45, 7) is 1.43. The van der Waals surface area contributed by atoms with E-state index in [0.717, 1.165) is 58.4 Å². The van der Waals surface area contributed by atoms with Crippen molar-refractivity contribution in [1.29, 1.82) is 0 Å². The Morgan fingerprint density at radius 2 is 2.16 bits per heavy atom. The van der Waals surface area contributed by atoms with Crippen LogP contribution < -0.4 is 10.1 Å². The number of amides is 1. The van der Waals surface area contributed by atoms with E-state index in [-0.39, 0.29) is 5.92 Å². The van der Waals surface area contributed by atoms with Gasteiger partial charge in [-0.05, 0) is 30.9 Å². The molecule has 1 aromatic carbocycles. The zero-order valence-electron chi connectivity index (χ0n) is 17.9. The summed E-state index contributed by atoms with van der Waals surface area (Å²) in [6, 6.07) is 3.94. The SMILES string of the molecule is COc1cc2[nH]ncc2cc1Nc1ncnc2sc3c(c12)CCN(C(=O)C1CCCC1)C3. The van der Waals surface area contributed by atoms with Gasteiger partial charge in [0.2, 0.25) is 5.91 Å². The summed E-state index contributed by atoms with van der Waals surface area (Å²) < 4.78 is 5.60. The fraction of sp³-hybridized carbons (Fsp3) is 0.391. The smallest absolute Gasteiger partial charge is 0.226 e. The lowest BCUT2D eigenvalue weighted by atomic mass is 10.0. The standard InChI is InChI=1S/C23H24N6O2S/c1-31-18-9-16-14(10-26-28-16)8-17(18)27-21-20-15-6-7-29(23(30)13-4-2-3-5-13)11-19(15)32-22(20)25-12-24-21/h8-10,12-13H,2-7,11H2,1H3,(H,26,28)(H,24,25,27). The van der Waals surface area contributed by atoms with Gasteiger partial charge in [0.25, 0.3) is 0 Å². The lowest BCUT2D eigenvalue weighted by Crippen LogP contribution is -2.38. The summed E-state index contributed by atoms with van der Waals surface area (Å²) in [6.07, 6.45) is 8.64. The normalized spacial score (nSPS) is 16.6. The van der Waals surface area contributed by atoms with Gasteiger partial charge in [-0.3, -0.25) is 9.89 Å². The number of hydrogen-bond acceptors (Lipinski definition) is 7. The number of hydrogen-bond donors (Lipinski definition) is 2. The summed E-state index contributed by atoms with van der Waals surface area (Å²) in [7, 11) is 1.65. The molecule has 1 saturated carbocycles. The second-order valence-electron chi connectivity index (χ2n) is 8.53. The van der Waals surface area contributed by atoms with Crippen molar-refractivity contribution < 1.29 is 9.53 Å². The number of thiophene rings is 1. The zero-order valence-corrected chi connectivity index (χ0v) is 18.7. The first-order valence-corrected chi connectivity index (χ1v) is 11.8. The van der Waals surface area contributed by atoms with Crippen LogP contribution >= 0.6 is 11.3 Å². The van der Waals surface area contributed by atoms with Gasteiger partial charge in [-0.2, -0.15) is 5.10 Å². The molecule has 1 aliphatic carbocycles. The quantitative estimate of drug-likeness (QED) is 0.481. The van der Waals surface area contributed by atoms with Crippen molar-refractivity contribution >= 4 is 49.9 Å². The molecular formula is C23H24N6O2S. The van der Waals surface area contributed by atoms with Crippen molar-refractivity contribution in [2.24, 2.45) is 5.92 Å². The van der Waals surface area contributed by atoms with E-state index in [1.54, 1.807) is 31.0 Å². The van der Waals surface area contributed by atoms with E-state index in [1.165, 1.54) is 23.3 Å². The molecule has 32 heavy (non-hydrogen) atoms. The van der Waals surface area contributed by atoms with Crippen molar-refractivity contribution in [1.82, 2.24) is 25.1 Å². The fourth-order valence-electron chi connectivity index (χ4n) is 5.01. The van der Waals surface area contributed by atoms with Crippen molar-refractivity contribution in [3.8, 4) is 5.75 Å². The van der Waals surface area contributed by atoms with E-state index in [1.807, 2.05) is 17.0 Å². The molecule has 6 rings (SSSR count). The van der Waals surface area contributed by atoms with Crippen molar-refractivity contribution in [3.63, 3.8) is 0 Å². The molecule has 0 atom stereocenters. The van der Waals surface area contributed by atoms with Gasteiger partial charge in [0.1, 0.15) is 22.7 Å². The predicted octanol–water partition coefficient (Wildman–Crippen LogP) is 4.39. The Kier molecular flexibility index (Phi) is 4.71. The highest BCUT2D eigenvalue weighted by atomic mass is 32.1. The number of ether oxygens (including phenoxy) is 1. The van der Waals surface area contributed by atoms with E-state index in [9.17, 15) is 4.79 Å². The van der Waals surface area contributed by atoms with Crippen molar-refractivity contribution in [2.75, 3.05) is 19.0 Å².